The highest BCUT2D eigenvalue weighted by molar-refractivity contribution is 5.30. The molecule has 3 fully saturated rings. The monoisotopic (exact) mass is 298 g/mol. The Bertz CT molecular complexity index is 382. The molecule has 3 aliphatic rings. The summed E-state index contributed by atoms with van der Waals surface area (Å²) in [5, 5.41) is 13.5. The highest BCUT2D eigenvalue weighted by Crippen LogP contribution is 2.70. The van der Waals surface area contributed by atoms with Gasteiger partial charge in [0, 0.05) is 36.0 Å². The summed E-state index contributed by atoms with van der Waals surface area (Å²) in [6.07, 6.45) is 1.01. The van der Waals surface area contributed by atoms with Gasteiger partial charge in [0.2, 0.25) is 0 Å². The Balaban J connectivity index is 1.83. The van der Waals surface area contributed by atoms with Crippen molar-refractivity contribution in [3.05, 3.63) is 0 Å². The van der Waals surface area contributed by atoms with Gasteiger partial charge in [0.1, 0.15) is 5.72 Å². The molecule has 3 rings (SSSR count). The maximum absolute atomic E-state index is 11.3. The fourth-order valence-electron chi connectivity index (χ4n) is 5.04. The Hall–Kier alpha value is -0.200. The van der Waals surface area contributed by atoms with E-state index in [-0.39, 0.29) is 22.9 Å². The first-order chi connectivity index (χ1) is 9.79. The normalized spacial score (nSPS) is 42.0. The first-order valence-electron chi connectivity index (χ1n) is 8.27. The molecule has 2 unspecified atom stereocenters. The zero-order valence-corrected chi connectivity index (χ0v) is 14.1. The van der Waals surface area contributed by atoms with E-state index in [4.69, 9.17) is 9.57 Å². The molecule has 0 bridgehead atoms. The van der Waals surface area contributed by atoms with Gasteiger partial charge in [0.15, 0.2) is 0 Å². The number of ether oxygens (including phenoxy) is 1. The summed E-state index contributed by atoms with van der Waals surface area (Å²) >= 11 is 0. The quantitative estimate of drug-likeness (QED) is 0.851. The van der Waals surface area contributed by atoms with Crippen LogP contribution in [0.4, 0.5) is 0 Å². The van der Waals surface area contributed by atoms with E-state index in [1.54, 1.807) is 0 Å². The zero-order chi connectivity index (χ0) is 15.5. The second-order valence-electron chi connectivity index (χ2n) is 7.77. The standard InChI is InChI=1S/C16H30N2O3/c1-6-9-21-18-14(2,3)12-13(15(18,4)5)16(12,19)17-7-10-20-11-8-17/h12-13,19H,6-11H2,1-5H3. The smallest absolute Gasteiger partial charge is 0.129 e. The van der Waals surface area contributed by atoms with Crippen molar-refractivity contribution in [2.45, 2.75) is 57.8 Å². The van der Waals surface area contributed by atoms with Crippen LogP contribution in [0.25, 0.3) is 0 Å². The number of hydrogen-bond donors (Lipinski definition) is 1. The lowest BCUT2D eigenvalue weighted by Crippen LogP contribution is -2.60. The minimum Gasteiger partial charge on any atom is -0.379 e. The molecule has 0 aromatic heterocycles. The van der Waals surface area contributed by atoms with Crippen LogP contribution in [0.1, 0.15) is 41.0 Å². The summed E-state index contributed by atoms with van der Waals surface area (Å²) in [6.45, 7) is 14.8. The van der Waals surface area contributed by atoms with Crippen molar-refractivity contribution >= 4 is 0 Å². The first-order valence-corrected chi connectivity index (χ1v) is 8.27. The van der Waals surface area contributed by atoms with Gasteiger partial charge in [-0.1, -0.05) is 6.92 Å². The fourth-order valence-corrected chi connectivity index (χ4v) is 5.04. The lowest BCUT2D eigenvalue weighted by Gasteiger charge is -2.47. The third-order valence-electron chi connectivity index (χ3n) is 5.65. The van der Waals surface area contributed by atoms with Crippen LogP contribution < -0.4 is 0 Å². The van der Waals surface area contributed by atoms with E-state index in [9.17, 15) is 5.11 Å². The van der Waals surface area contributed by atoms with Crippen molar-refractivity contribution in [2.24, 2.45) is 11.8 Å². The van der Waals surface area contributed by atoms with Crippen LogP contribution in [-0.2, 0) is 9.57 Å². The molecule has 5 nitrogen and oxygen atoms in total. The average Bonchev–Trinajstić information content (AvgIpc) is 3.05. The largest absolute Gasteiger partial charge is 0.379 e. The molecule has 2 saturated heterocycles. The highest BCUT2D eigenvalue weighted by atomic mass is 16.7. The Morgan fingerprint density at radius 2 is 1.62 bits per heavy atom. The molecule has 1 aliphatic carbocycles. The molecule has 1 saturated carbocycles. The summed E-state index contributed by atoms with van der Waals surface area (Å²) in [5.74, 6) is 0.463. The van der Waals surface area contributed by atoms with E-state index in [0.29, 0.717) is 0 Å². The van der Waals surface area contributed by atoms with E-state index < -0.39 is 5.72 Å². The van der Waals surface area contributed by atoms with Gasteiger partial charge in [-0.2, -0.15) is 5.06 Å². The van der Waals surface area contributed by atoms with Gasteiger partial charge in [-0.25, -0.2) is 0 Å². The van der Waals surface area contributed by atoms with Crippen molar-refractivity contribution in [1.29, 1.82) is 0 Å². The van der Waals surface area contributed by atoms with Gasteiger partial charge >= 0.3 is 0 Å². The fraction of sp³-hybridized carbons (Fsp3) is 1.00. The number of nitrogens with zero attached hydrogens (tertiary/aromatic N) is 2. The molecular weight excluding hydrogens is 268 g/mol. The molecule has 2 atom stereocenters. The van der Waals surface area contributed by atoms with Gasteiger partial charge in [-0.15, -0.1) is 0 Å². The molecule has 0 amide bonds. The van der Waals surface area contributed by atoms with Gasteiger partial charge in [-0.3, -0.25) is 9.74 Å². The van der Waals surface area contributed by atoms with Crippen molar-refractivity contribution in [3.8, 4) is 0 Å². The van der Waals surface area contributed by atoms with Crippen LogP contribution in [0, 0.1) is 11.8 Å². The van der Waals surface area contributed by atoms with Crippen LogP contribution in [0.2, 0.25) is 0 Å². The number of hydrogen-bond acceptors (Lipinski definition) is 5. The van der Waals surface area contributed by atoms with Crippen LogP contribution in [-0.4, -0.2) is 64.8 Å². The van der Waals surface area contributed by atoms with E-state index >= 15 is 0 Å². The van der Waals surface area contributed by atoms with E-state index in [1.165, 1.54) is 0 Å². The number of hydroxylamine groups is 2. The third-order valence-corrected chi connectivity index (χ3v) is 5.65. The molecule has 0 aromatic rings. The predicted molar refractivity (Wildman–Crippen MR) is 80.6 cm³/mol. The Morgan fingerprint density at radius 3 is 2.10 bits per heavy atom. The van der Waals surface area contributed by atoms with Crippen molar-refractivity contribution in [1.82, 2.24) is 9.96 Å². The Morgan fingerprint density at radius 1 is 1.10 bits per heavy atom. The second kappa shape index (κ2) is 4.90. The SMILES string of the molecule is CCCON1C(C)(C)C2C(C1(C)C)C2(O)N1CCOCC1. The first kappa shape index (κ1) is 15.7. The maximum Gasteiger partial charge on any atom is 0.129 e. The molecule has 0 spiro atoms. The third kappa shape index (κ3) is 2.01. The number of piperidine rings is 1. The molecule has 2 heterocycles. The van der Waals surface area contributed by atoms with Gasteiger partial charge in [-0.05, 0) is 34.1 Å². The van der Waals surface area contributed by atoms with E-state index in [0.717, 1.165) is 39.3 Å². The van der Waals surface area contributed by atoms with Crippen LogP contribution in [0.15, 0.2) is 0 Å². The van der Waals surface area contributed by atoms with Gasteiger partial charge in [0.05, 0.1) is 19.8 Å². The molecule has 5 heteroatoms. The molecule has 0 aromatic carbocycles. The molecule has 122 valence electrons. The summed E-state index contributed by atoms with van der Waals surface area (Å²) in [4.78, 5) is 8.27. The van der Waals surface area contributed by atoms with Gasteiger partial charge < -0.3 is 9.84 Å². The Kier molecular flexibility index (Phi) is 3.66. The lowest BCUT2D eigenvalue weighted by molar-refractivity contribution is -0.275. The minimum absolute atomic E-state index is 0.156. The van der Waals surface area contributed by atoms with Crippen LogP contribution >= 0.6 is 0 Å². The van der Waals surface area contributed by atoms with Crippen molar-refractivity contribution in [3.63, 3.8) is 0 Å². The van der Waals surface area contributed by atoms with Crippen molar-refractivity contribution < 1.29 is 14.7 Å². The predicted octanol–water partition coefficient (Wildman–Crippen LogP) is 1.47. The van der Waals surface area contributed by atoms with Crippen LogP contribution in [0.5, 0.6) is 0 Å². The minimum atomic E-state index is -0.692. The van der Waals surface area contributed by atoms with Crippen LogP contribution in [0.3, 0.4) is 0 Å². The lowest BCUT2D eigenvalue weighted by atomic mass is 9.95. The zero-order valence-electron chi connectivity index (χ0n) is 14.1. The number of morpholine rings is 1. The maximum atomic E-state index is 11.3. The Labute approximate surface area is 128 Å². The molecular formula is C16H30N2O3. The van der Waals surface area contributed by atoms with E-state index in [1.807, 2.05) is 0 Å². The molecule has 1 N–H and O–H groups in total. The average molecular weight is 298 g/mol. The number of rotatable bonds is 4. The van der Waals surface area contributed by atoms with E-state index in [2.05, 4.69) is 44.6 Å². The molecule has 0 radical (unpaired) electrons. The number of fused-ring (bicyclic) bond motifs is 1. The second-order valence-corrected chi connectivity index (χ2v) is 7.77. The summed E-state index contributed by atoms with van der Waals surface area (Å²) < 4.78 is 5.44. The molecule has 2 aliphatic heterocycles. The summed E-state index contributed by atoms with van der Waals surface area (Å²) in [6, 6.07) is 0. The number of aliphatic hydroxyl groups is 1. The van der Waals surface area contributed by atoms with Crippen molar-refractivity contribution in [2.75, 3.05) is 32.9 Å². The summed E-state index contributed by atoms with van der Waals surface area (Å²) in [5.41, 5.74) is -1.00. The summed E-state index contributed by atoms with van der Waals surface area (Å²) in [7, 11) is 0. The topological polar surface area (TPSA) is 45.2 Å². The highest BCUT2D eigenvalue weighted by Gasteiger charge is 2.83. The van der Waals surface area contributed by atoms with Gasteiger partial charge in [0.25, 0.3) is 0 Å². The molecule has 21 heavy (non-hydrogen) atoms.